The topological polar surface area (TPSA) is 82.6 Å². The normalized spacial score (nSPS) is 9.86. The van der Waals surface area contributed by atoms with E-state index in [4.69, 9.17) is 14.2 Å². The summed E-state index contributed by atoms with van der Waals surface area (Å²) in [6.45, 7) is 0. The van der Waals surface area contributed by atoms with Crippen molar-refractivity contribution in [1.82, 2.24) is 9.97 Å². The Hall–Kier alpha value is -2.83. The molecule has 21 heavy (non-hydrogen) atoms. The fraction of sp³-hybridized carbons (Fsp3) is 0.214. The minimum atomic E-state index is -0.383. The maximum Gasteiger partial charge on any atom is 0.274 e. The Morgan fingerprint density at radius 1 is 0.952 bits per heavy atom. The van der Waals surface area contributed by atoms with Gasteiger partial charge in [-0.25, -0.2) is 9.97 Å². The molecule has 0 saturated carbocycles. The van der Waals surface area contributed by atoms with E-state index in [-0.39, 0.29) is 11.6 Å². The highest BCUT2D eigenvalue weighted by atomic mass is 16.5. The van der Waals surface area contributed by atoms with Crippen molar-refractivity contribution < 1.29 is 19.0 Å². The molecule has 0 saturated heterocycles. The lowest BCUT2D eigenvalue weighted by Gasteiger charge is -2.09. The third kappa shape index (κ3) is 3.59. The van der Waals surface area contributed by atoms with Gasteiger partial charge in [-0.15, -0.1) is 0 Å². The number of methoxy groups -OCH3 is 3. The van der Waals surface area contributed by atoms with Gasteiger partial charge in [-0.3, -0.25) is 4.79 Å². The Labute approximate surface area is 121 Å². The molecule has 1 aromatic carbocycles. The number of benzene rings is 1. The van der Waals surface area contributed by atoms with Crippen LogP contribution < -0.4 is 19.5 Å². The number of hydrogen-bond acceptors (Lipinski definition) is 6. The summed E-state index contributed by atoms with van der Waals surface area (Å²) < 4.78 is 15.2. The van der Waals surface area contributed by atoms with Crippen molar-refractivity contribution in [2.45, 2.75) is 0 Å². The maximum atomic E-state index is 12.1. The Morgan fingerprint density at radius 3 is 2.19 bits per heavy atom. The van der Waals surface area contributed by atoms with Gasteiger partial charge in [0.1, 0.15) is 23.5 Å². The fourth-order valence-corrected chi connectivity index (χ4v) is 1.65. The molecular formula is C14H15N3O4. The van der Waals surface area contributed by atoms with Crippen LogP contribution in [0.4, 0.5) is 5.69 Å². The number of aromatic nitrogens is 2. The van der Waals surface area contributed by atoms with E-state index >= 15 is 0 Å². The van der Waals surface area contributed by atoms with Crippen LogP contribution >= 0.6 is 0 Å². The lowest BCUT2D eigenvalue weighted by atomic mass is 10.2. The number of ether oxygens (including phenoxy) is 3. The standard InChI is InChI=1S/C14H15N3O4/c1-19-10-4-9(5-11(6-10)20-2)17-14(18)12-7-13(21-3)16-8-15-12/h4-8H,1-3H3,(H,17,18). The van der Waals surface area contributed by atoms with Crippen molar-refractivity contribution in [2.75, 3.05) is 26.6 Å². The number of amides is 1. The molecule has 0 aliphatic rings. The van der Waals surface area contributed by atoms with Gasteiger partial charge in [0.05, 0.1) is 21.3 Å². The molecule has 7 heteroatoms. The molecule has 0 aliphatic heterocycles. The van der Waals surface area contributed by atoms with Gasteiger partial charge in [0, 0.05) is 30.0 Å². The number of carbonyl (C=O) groups excluding carboxylic acids is 1. The smallest absolute Gasteiger partial charge is 0.274 e. The van der Waals surface area contributed by atoms with Gasteiger partial charge in [0.2, 0.25) is 5.88 Å². The van der Waals surface area contributed by atoms with Crippen molar-refractivity contribution in [3.63, 3.8) is 0 Å². The van der Waals surface area contributed by atoms with Crippen LogP contribution in [-0.2, 0) is 0 Å². The van der Waals surface area contributed by atoms with E-state index in [2.05, 4.69) is 15.3 Å². The number of hydrogen-bond donors (Lipinski definition) is 1. The third-order valence-corrected chi connectivity index (χ3v) is 2.69. The van der Waals surface area contributed by atoms with Gasteiger partial charge in [-0.2, -0.15) is 0 Å². The molecule has 0 bridgehead atoms. The predicted molar refractivity (Wildman–Crippen MR) is 76.1 cm³/mol. The zero-order valence-corrected chi connectivity index (χ0v) is 11.9. The highest BCUT2D eigenvalue weighted by Crippen LogP contribution is 2.26. The highest BCUT2D eigenvalue weighted by Gasteiger charge is 2.11. The van der Waals surface area contributed by atoms with Crippen LogP contribution in [-0.4, -0.2) is 37.2 Å². The second-order valence-corrected chi connectivity index (χ2v) is 4.00. The second-order valence-electron chi connectivity index (χ2n) is 4.00. The van der Waals surface area contributed by atoms with Crippen molar-refractivity contribution in [1.29, 1.82) is 0 Å². The molecule has 0 radical (unpaired) electrons. The molecular weight excluding hydrogens is 274 g/mol. The molecule has 7 nitrogen and oxygen atoms in total. The molecule has 0 aliphatic carbocycles. The molecule has 2 rings (SSSR count). The quantitative estimate of drug-likeness (QED) is 0.903. The number of nitrogens with zero attached hydrogens (tertiary/aromatic N) is 2. The lowest BCUT2D eigenvalue weighted by molar-refractivity contribution is 0.102. The fourth-order valence-electron chi connectivity index (χ4n) is 1.65. The minimum absolute atomic E-state index is 0.198. The third-order valence-electron chi connectivity index (χ3n) is 2.69. The first kappa shape index (κ1) is 14.6. The van der Waals surface area contributed by atoms with Crippen LogP contribution in [0.25, 0.3) is 0 Å². The van der Waals surface area contributed by atoms with Crippen LogP contribution in [0.1, 0.15) is 10.5 Å². The number of nitrogens with one attached hydrogen (secondary N) is 1. The first-order chi connectivity index (χ1) is 10.2. The van der Waals surface area contributed by atoms with Crippen molar-refractivity contribution >= 4 is 11.6 Å². The summed E-state index contributed by atoms with van der Waals surface area (Å²) in [6.07, 6.45) is 1.26. The molecule has 2 aromatic rings. The maximum absolute atomic E-state index is 12.1. The van der Waals surface area contributed by atoms with Crippen molar-refractivity contribution in [3.05, 3.63) is 36.3 Å². The first-order valence-corrected chi connectivity index (χ1v) is 6.06. The molecule has 1 heterocycles. The number of carbonyl (C=O) groups is 1. The van der Waals surface area contributed by atoms with E-state index in [9.17, 15) is 4.79 Å². The zero-order chi connectivity index (χ0) is 15.2. The average molecular weight is 289 g/mol. The lowest BCUT2D eigenvalue weighted by Crippen LogP contribution is -2.14. The summed E-state index contributed by atoms with van der Waals surface area (Å²) in [5, 5.41) is 2.71. The van der Waals surface area contributed by atoms with Gasteiger partial charge in [-0.1, -0.05) is 0 Å². The van der Waals surface area contributed by atoms with Crippen LogP contribution in [0.5, 0.6) is 17.4 Å². The van der Waals surface area contributed by atoms with E-state index in [0.29, 0.717) is 23.1 Å². The summed E-state index contributed by atoms with van der Waals surface area (Å²) >= 11 is 0. The molecule has 0 atom stereocenters. The average Bonchev–Trinajstić information content (AvgIpc) is 2.54. The molecule has 1 aromatic heterocycles. The minimum Gasteiger partial charge on any atom is -0.497 e. The monoisotopic (exact) mass is 289 g/mol. The molecule has 110 valence electrons. The van der Waals surface area contributed by atoms with Crippen LogP contribution in [0, 0.1) is 0 Å². The molecule has 0 spiro atoms. The molecule has 1 amide bonds. The summed E-state index contributed by atoms with van der Waals surface area (Å²) in [6, 6.07) is 6.52. The van der Waals surface area contributed by atoms with E-state index in [1.165, 1.54) is 33.7 Å². The summed E-state index contributed by atoms with van der Waals surface area (Å²) in [4.78, 5) is 19.9. The summed E-state index contributed by atoms with van der Waals surface area (Å²) in [5.41, 5.74) is 0.734. The Morgan fingerprint density at radius 2 is 1.62 bits per heavy atom. The van der Waals surface area contributed by atoms with Gasteiger partial charge < -0.3 is 19.5 Å². The van der Waals surface area contributed by atoms with Gasteiger partial charge in [0.25, 0.3) is 5.91 Å². The summed E-state index contributed by atoms with van der Waals surface area (Å²) in [7, 11) is 4.54. The van der Waals surface area contributed by atoms with E-state index in [1.807, 2.05) is 0 Å². The largest absolute Gasteiger partial charge is 0.497 e. The Balaban J connectivity index is 2.22. The Kier molecular flexibility index (Phi) is 4.55. The van der Waals surface area contributed by atoms with Crippen LogP contribution in [0.15, 0.2) is 30.6 Å². The Bertz CT molecular complexity index is 624. The summed E-state index contributed by atoms with van der Waals surface area (Å²) in [5.74, 6) is 1.08. The van der Waals surface area contributed by atoms with Crippen LogP contribution in [0.3, 0.4) is 0 Å². The number of anilines is 1. The van der Waals surface area contributed by atoms with Crippen molar-refractivity contribution in [3.8, 4) is 17.4 Å². The van der Waals surface area contributed by atoms with Gasteiger partial charge in [0.15, 0.2) is 0 Å². The zero-order valence-electron chi connectivity index (χ0n) is 11.9. The van der Waals surface area contributed by atoms with E-state index < -0.39 is 0 Å². The molecule has 0 fully saturated rings. The molecule has 1 N–H and O–H groups in total. The first-order valence-electron chi connectivity index (χ1n) is 6.06. The van der Waals surface area contributed by atoms with Crippen LogP contribution in [0.2, 0.25) is 0 Å². The molecule has 0 unspecified atom stereocenters. The van der Waals surface area contributed by atoms with Gasteiger partial charge in [-0.05, 0) is 0 Å². The highest BCUT2D eigenvalue weighted by molar-refractivity contribution is 6.03. The van der Waals surface area contributed by atoms with Crippen molar-refractivity contribution in [2.24, 2.45) is 0 Å². The van der Waals surface area contributed by atoms with E-state index in [1.54, 1.807) is 18.2 Å². The number of rotatable bonds is 5. The SMILES string of the molecule is COc1cc(NC(=O)c2cc(OC)ncn2)cc(OC)c1. The van der Waals surface area contributed by atoms with Gasteiger partial charge >= 0.3 is 0 Å². The second kappa shape index (κ2) is 6.56. The predicted octanol–water partition coefficient (Wildman–Crippen LogP) is 1.75. The van der Waals surface area contributed by atoms with E-state index in [0.717, 1.165) is 0 Å².